The van der Waals surface area contributed by atoms with Gasteiger partial charge in [0.25, 0.3) is 0 Å². The smallest absolute Gasteiger partial charge is 0.119 e. The molecular formula is C16H17Cl2NO. The standard InChI is InChI=1S/C16H17Cl2NO/c1-2-16(19)11-3-6-14(7-4-11)20-10-12-9-13(17)5-8-15(12)18/h3-9,16H,2,10,19H2,1H3. The fraction of sp³-hybridized carbons (Fsp3) is 0.250. The van der Waals surface area contributed by atoms with Crippen molar-refractivity contribution in [3.63, 3.8) is 0 Å². The average molecular weight is 310 g/mol. The first-order valence-electron chi connectivity index (χ1n) is 6.52. The van der Waals surface area contributed by atoms with Crippen LogP contribution in [0.1, 0.15) is 30.5 Å². The maximum absolute atomic E-state index is 6.09. The van der Waals surface area contributed by atoms with Gasteiger partial charge in [0.15, 0.2) is 0 Å². The highest BCUT2D eigenvalue weighted by atomic mass is 35.5. The van der Waals surface area contributed by atoms with Gasteiger partial charge in [-0.25, -0.2) is 0 Å². The zero-order valence-electron chi connectivity index (χ0n) is 11.3. The second kappa shape index (κ2) is 6.98. The predicted molar refractivity (Wildman–Crippen MR) is 84.5 cm³/mol. The van der Waals surface area contributed by atoms with E-state index in [4.69, 9.17) is 33.7 Å². The van der Waals surface area contributed by atoms with Crippen LogP contribution in [0.3, 0.4) is 0 Å². The van der Waals surface area contributed by atoms with Crippen LogP contribution in [-0.2, 0) is 6.61 Å². The van der Waals surface area contributed by atoms with Gasteiger partial charge in [0, 0.05) is 21.7 Å². The topological polar surface area (TPSA) is 35.2 Å². The summed E-state index contributed by atoms with van der Waals surface area (Å²) in [6, 6.07) is 13.2. The Kier molecular flexibility index (Phi) is 5.30. The van der Waals surface area contributed by atoms with Crippen molar-refractivity contribution in [2.24, 2.45) is 5.73 Å². The van der Waals surface area contributed by atoms with Crippen molar-refractivity contribution < 1.29 is 4.74 Å². The van der Waals surface area contributed by atoms with E-state index in [0.29, 0.717) is 16.7 Å². The molecule has 0 aliphatic heterocycles. The lowest BCUT2D eigenvalue weighted by atomic mass is 10.1. The molecule has 2 nitrogen and oxygen atoms in total. The Morgan fingerprint density at radius 2 is 1.80 bits per heavy atom. The van der Waals surface area contributed by atoms with Gasteiger partial charge in [-0.3, -0.25) is 0 Å². The number of hydrogen-bond donors (Lipinski definition) is 1. The molecule has 106 valence electrons. The monoisotopic (exact) mass is 309 g/mol. The van der Waals surface area contributed by atoms with Crippen LogP contribution in [0, 0.1) is 0 Å². The lowest BCUT2D eigenvalue weighted by molar-refractivity contribution is 0.306. The van der Waals surface area contributed by atoms with Gasteiger partial charge in [-0.05, 0) is 42.3 Å². The minimum atomic E-state index is 0.0754. The highest BCUT2D eigenvalue weighted by Crippen LogP contribution is 2.23. The summed E-state index contributed by atoms with van der Waals surface area (Å²) in [7, 11) is 0. The molecule has 2 N–H and O–H groups in total. The van der Waals surface area contributed by atoms with Crippen molar-refractivity contribution in [3.05, 3.63) is 63.6 Å². The van der Waals surface area contributed by atoms with E-state index in [1.165, 1.54) is 0 Å². The van der Waals surface area contributed by atoms with Crippen LogP contribution < -0.4 is 10.5 Å². The Balaban J connectivity index is 2.02. The Hall–Kier alpha value is -1.22. The molecule has 0 aromatic heterocycles. The molecule has 2 rings (SSSR count). The van der Waals surface area contributed by atoms with Gasteiger partial charge in [-0.15, -0.1) is 0 Å². The molecule has 0 fully saturated rings. The van der Waals surface area contributed by atoms with Gasteiger partial charge >= 0.3 is 0 Å². The quantitative estimate of drug-likeness (QED) is 0.845. The van der Waals surface area contributed by atoms with Gasteiger partial charge in [0.1, 0.15) is 12.4 Å². The van der Waals surface area contributed by atoms with Crippen LogP contribution in [-0.4, -0.2) is 0 Å². The summed E-state index contributed by atoms with van der Waals surface area (Å²) in [5.41, 5.74) is 7.95. The molecule has 0 aliphatic carbocycles. The van der Waals surface area contributed by atoms with Crippen LogP contribution in [0.25, 0.3) is 0 Å². The Bertz CT molecular complexity index is 569. The molecule has 1 unspecified atom stereocenters. The summed E-state index contributed by atoms with van der Waals surface area (Å²) in [5, 5.41) is 1.30. The highest BCUT2D eigenvalue weighted by molar-refractivity contribution is 6.33. The van der Waals surface area contributed by atoms with Crippen molar-refractivity contribution in [2.75, 3.05) is 0 Å². The van der Waals surface area contributed by atoms with Gasteiger partial charge in [-0.2, -0.15) is 0 Å². The molecule has 0 saturated heterocycles. The molecule has 4 heteroatoms. The van der Waals surface area contributed by atoms with E-state index < -0.39 is 0 Å². The number of halogens is 2. The lowest BCUT2D eigenvalue weighted by Gasteiger charge is -2.11. The Morgan fingerprint density at radius 1 is 1.10 bits per heavy atom. The summed E-state index contributed by atoms with van der Waals surface area (Å²) >= 11 is 12.0. The predicted octanol–water partition coefficient (Wildman–Crippen LogP) is 4.98. The molecule has 1 atom stereocenters. The fourth-order valence-electron chi connectivity index (χ4n) is 1.86. The minimum absolute atomic E-state index is 0.0754. The van der Waals surface area contributed by atoms with E-state index in [9.17, 15) is 0 Å². The van der Waals surface area contributed by atoms with Gasteiger partial charge in [0.2, 0.25) is 0 Å². The molecule has 0 heterocycles. The summed E-state index contributed by atoms with van der Waals surface area (Å²) in [5.74, 6) is 0.785. The molecule has 0 amide bonds. The van der Waals surface area contributed by atoms with Crippen LogP contribution in [0.15, 0.2) is 42.5 Å². The first-order valence-corrected chi connectivity index (χ1v) is 7.28. The molecule has 2 aromatic rings. The maximum atomic E-state index is 6.09. The lowest BCUT2D eigenvalue weighted by Crippen LogP contribution is -2.08. The van der Waals surface area contributed by atoms with E-state index in [1.807, 2.05) is 30.3 Å². The molecule has 2 aromatic carbocycles. The van der Waals surface area contributed by atoms with E-state index >= 15 is 0 Å². The zero-order chi connectivity index (χ0) is 14.5. The van der Waals surface area contributed by atoms with Gasteiger partial charge in [-0.1, -0.05) is 42.3 Å². The van der Waals surface area contributed by atoms with E-state index in [2.05, 4.69) is 6.92 Å². The maximum Gasteiger partial charge on any atom is 0.119 e. The third-order valence-corrected chi connectivity index (χ3v) is 3.75. The number of benzene rings is 2. The van der Waals surface area contributed by atoms with Crippen molar-refractivity contribution in [2.45, 2.75) is 26.0 Å². The summed E-state index contributed by atoms with van der Waals surface area (Å²) in [6.07, 6.45) is 0.915. The van der Waals surface area contributed by atoms with Crippen LogP contribution in [0.4, 0.5) is 0 Å². The van der Waals surface area contributed by atoms with Crippen LogP contribution in [0.2, 0.25) is 10.0 Å². The Labute approximate surface area is 129 Å². The van der Waals surface area contributed by atoms with Crippen molar-refractivity contribution >= 4 is 23.2 Å². The molecular weight excluding hydrogens is 293 g/mol. The van der Waals surface area contributed by atoms with E-state index in [-0.39, 0.29) is 6.04 Å². The van der Waals surface area contributed by atoms with Gasteiger partial charge < -0.3 is 10.5 Å². The summed E-state index contributed by atoms with van der Waals surface area (Å²) in [4.78, 5) is 0. The number of ether oxygens (including phenoxy) is 1. The third-order valence-electron chi connectivity index (χ3n) is 3.15. The van der Waals surface area contributed by atoms with Crippen molar-refractivity contribution in [1.82, 2.24) is 0 Å². The zero-order valence-corrected chi connectivity index (χ0v) is 12.8. The first-order chi connectivity index (χ1) is 9.60. The molecule has 0 spiro atoms. The number of hydrogen-bond acceptors (Lipinski definition) is 2. The highest BCUT2D eigenvalue weighted by Gasteiger charge is 2.05. The number of rotatable bonds is 5. The summed E-state index contributed by atoms with van der Waals surface area (Å²) < 4.78 is 5.71. The average Bonchev–Trinajstić information content (AvgIpc) is 2.48. The Morgan fingerprint density at radius 3 is 2.45 bits per heavy atom. The van der Waals surface area contributed by atoms with Crippen molar-refractivity contribution in [1.29, 1.82) is 0 Å². The largest absolute Gasteiger partial charge is 0.489 e. The minimum Gasteiger partial charge on any atom is -0.489 e. The first kappa shape index (κ1) is 15.2. The molecule has 0 aliphatic rings. The summed E-state index contributed by atoms with van der Waals surface area (Å²) in [6.45, 7) is 2.45. The van der Waals surface area contributed by atoms with E-state index in [0.717, 1.165) is 23.3 Å². The SMILES string of the molecule is CCC(N)c1ccc(OCc2cc(Cl)ccc2Cl)cc1. The fourth-order valence-corrected chi connectivity index (χ4v) is 2.23. The van der Waals surface area contributed by atoms with Crippen LogP contribution >= 0.6 is 23.2 Å². The second-order valence-corrected chi connectivity index (χ2v) is 5.45. The second-order valence-electron chi connectivity index (χ2n) is 4.61. The molecule has 0 saturated carbocycles. The molecule has 0 bridgehead atoms. The van der Waals surface area contributed by atoms with Gasteiger partial charge in [0.05, 0.1) is 0 Å². The third kappa shape index (κ3) is 3.89. The molecule has 20 heavy (non-hydrogen) atoms. The molecule has 0 radical (unpaired) electrons. The number of nitrogens with two attached hydrogens (primary N) is 1. The van der Waals surface area contributed by atoms with Crippen LogP contribution in [0.5, 0.6) is 5.75 Å². The van der Waals surface area contributed by atoms with Crippen molar-refractivity contribution in [3.8, 4) is 5.75 Å². The normalized spacial score (nSPS) is 12.2. The van der Waals surface area contributed by atoms with E-state index in [1.54, 1.807) is 12.1 Å².